The molecule has 1 unspecified atom stereocenters. The first-order valence-corrected chi connectivity index (χ1v) is 4.16. The molecule has 1 N–H and O–H groups in total. The molecule has 72 valence electrons. The molecule has 1 rings (SSSR count). The summed E-state index contributed by atoms with van der Waals surface area (Å²) in [5.41, 5.74) is 0.721. The molecule has 5 heteroatoms. The third-order valence-corrected chi connectivity index (χ3v) is 1.67. The summed E-state index contributed by atoms with van der Waals surface area (Å²) in [7, 11) is 0. The van der Waals surface area contributed by atoms with E-state index in [0.29, 0.717) is 6.54 Å². The van der Waals surface area contributed by atoms with Crippen LogP contribution in [-0.2, 0) is 11.3 Å². The largest absolute Gasteiger partial charge is 0.349 e. The fourth-order valence-electron chi connectivity index (χ4n) is 0.812. The average Bonchev–Trinajstić information content (AvgIpc) is 2.26. The fourth-order valence-corrected chi connectivity index (χ4v) is 0.812. The molecule has 0 fully saturated rings. The first kappa shape index (κ1) is 10.1. The number of carbonyl (C=O) groups is 1. The number of hydrogen-bond donors (Lipinski definition) is 1. The summed E-state index contributed by atoms with van der Waals surface area (Å²) in [5.74, 6) is -0.914. The first-order chi connectivity index (χ1) is 6.74. The lowest BCUT2D eigenvalue weighted by Crippen LogP contribution is -2.28. The van der Waals surface area contributed by atoms with Gasteiger partial charge in [0.25, 0.3) is 0 Å². The van der Waals surface area contributed by atoms with E-state index in [1.807, 2.05) is 6.07 Å². The Morgan fingerprint density at radius 2 is 2.57 bits per heavy atom. The third kappa shape index (κ3) is 2.83. The van der Waals surface area contributed by atoms with Crippen LogP contribution in [0.4, 0.5) is 0 Å². The van der Waals surface area contributed by atoms with Gasteiger partial charge >= 0.3 is 0 Å². The predicted molar refractivity (Wildman–Crippen MR) is 48.7 cm³/mol. The molecule has 0 aliphatic rings. The summed E-state index contributed by atoms with van der Waals surface area (Å²) in [6.07, 6.45) is 3.01. The Morgan fingerprint density at radius 3 is 3.14 bits per heavy atom. The molecule has 0 aliphatic carbocycles. The van der Waals surface area contributed by atoms with Gasteiger partial charge in [-0.05, 0) is 13.0 Å². The predicted octanol–water partition coefficient (Wildman–Crippen LogP) is 0.252. The number of aromatic nitrogens is 2. The second-order valence-electron chi connectivity index (χ2n) is 2.77. The number of rotatable bonds is 3. The monoisotopic (exact) mass is 190 g/mol. The molecule has 0 aromatic carbocycles. The van der Waals surface area contributed by atoms with Crippen LogP contribution in [0.5, 0.6) is 0 Å². The van der Waals surface area contributed by atoms with Crippen molar-refractivity contribution in [1.82, 2.24) is 15.3 Å². The Hall–Kier alpha value is -1.96. The second kappa shape index (κ2) is 4.92. The Morgan fingerprint density at radius 1 is 1.79 bits per heavy atom. The molecule has 0 spiro atoms. The second-order valence-corrected chi connectivity index (χ2v) is 2.77. The van der Waals surface area contributed by atoms with Gasteiger partial charge in [0.15, 0.2) is 0 Å². The average molecular weight is 190 g/mol. The summed E-state index contributed by atoms with van der Waals surface area (Å²) in [6, 6.07) is 3.56. The molecule has 1 aromatic heterocycles. The van der Waals surface area contributed by atoms with Gasteiger partial charge in [-0.2, -0.15) is 5.26 Å². The molecule has 1 aromatic rings. The first-order valence-electron chi connectivity index (χ1n) is 4.16. The fraction of sp³-hybridized carbons (Fsp3) is 0.333. The van der Waals surface area contributed by atoms with E-state index >= 15 is 0 Å². The van der Waals surface area contributed by atoms with Crippen molar-refractivity contribution in [2.75, 3.05) is 0 Å². The summed E-state index contributed by atoms with van der Waals surface area (Å²) in [6.45, 7) is 1.88. The maximum absolute atomic E-state index is 11.2. The summed E-state index contributed by atoms with van der Waals surface area (Å²) in [5, 5.41) is 11.1. The molecular formula is C9H10N4O. The summed E-state index contributed by atoms with van der Waals surface area (Å²) < 4.78 is 0. The number of nitrogens with one attached hydrogen (secondary N) is 1. The maximum atomic E-state index is 11.2. The Kier molecular flexibility index (Phi) is 3.56. The van der Waals surface area contributed by atoms with E-state index in [4.69, 9.17) is 5.26 Å². The molecule has 14 heavy (non-hydrogen) atoms. The van der Waals surface area contributed by atoms with E-state index in [1.165, 1.54) is 6.33 Å². The standard InChI is InChI=1S/C9H10N4O/c1-7(4-10)9(14)12-5-8-2-3-11-6-13-8/h2-3,6-7H,5H2,1H3,(H,12,14). The van der Waals surface area contributed by atoms with Crippen LogP contribution >= 0.6 is 0 Å². The van der Waals surface area contributed by atoms with Crippen LogP contribution < -0.4 is 5.32 Å². The minimum absolute atomic E-state index is 0.286. The van der Waals surface area contributed by atoms with Crippen LogP contribution in [0, 0.1) is 17.2 Å². The van der Waals surface area contributed by atoms with Crippen molar-refractivity contribution < 1.29 is 4.79 Å². The van der Waals surface area contributed by atoms with E-state index in [-0.39, 0.29) is 5.91 Å². The van der Waals surface area contributed by atoms with E-state index < -0.39 is 5.92 Å². The number of nitriles is 1. The zero-order chi connectivity index (χ0) is 10.4. The SMILES string of the molecule is CC(C#N)C(=O)NCc1ccncn1. The lowest BCUT2D eigenvalue weighted by Gasteiger charge is -2.04. The highest BCUT2D eigenvalue weighted by Crippen LogP contribution is 1.94. The topological polar surface area (TPSA) is 78.7 Å². The van der Waals surface area contributed by atoms with Crippen LogP contribution in [0.15, 0.2) is 18.6 Å². The minimum atomic E-state index is -0.628. The van der Waals surface area contributed by atoms with Crippen LogP contribution in [0.2, 0.25) is 0 Å². The van der Waals surface area contributed by atoms with Gasteiger partial charge in [-0.1, -0.05) is 0 Å². The zero-order valence-corrected chi connectivity index (χ0v) is 7.77. The van der Waals surface area contributed by atoms with Crippen molar-refractivity contribution in [3.05, 3.63) is 24.3 Å². The van der Waals surface area contributed by atoms with Gasteiger partial charge < -0.3 is 5.32 Å². The lowest BCUT2D eigenvalue weighted by molar-refractivity contribution is -0.123. The third-order valence-electron chi connectivity index (χ3n) is 1.67. The van der Waals surface area contributed by atoms with Crippen molar-refractivity contribution in [3.63, 3.8) is 0 Å². The van der Waals surface area contributed by atoms with Crippen LogP contribution in [0.1, 0.15) is 12.6 Å². The van der Waals surface area contributed by atoms with Crippen LogP contribution in [0.3, 0.4) is 0 Å². The van der Waals surface area contributed by atoms with E-state index in [9.17, 15) is 4.79 Å². The Labute approximate surface area is 81.8 Å². The van der Waals surface area contributed by atoms with Crippen molar-refractivity contribution in [1.29, 1.82) is 5.26 Å². The quantitative estimate of drug-likeness (QED) is 0.741. The van der Waals surface area contributed by atoms with Crippen molar-refractivity contribution >= 4 is 5.91 Å². The number of nitrogens with zero attached hydrogens (tertiary/aromatic N) is 3. The zero-order valence-electron chi connectivity index (χ0n) is 7.77. The van der Waals surface area contributed by atoms with Crippen molar-refractivity contribution in [2.45, 2.75) is 13.5 Å². The molecule has 0 saturated heterocycles. The van der Waals surface area contributed by atoms with Gasteiger partial charge in [0, 0.05) is 6.20 Å². The number of amides is 1. The molecule has 0 saturated carbocycles. The number of hydrogen-bond acceptors (Lipinski definition) is 4. The molecule has 1 amide bonds. The Balaban J connectivity index is 2.43. The van der Waals surface area contributed by atoms with Gasteiger partial charge in [0.2, 0.25) is 5.91 Å². The van der Waals surface area contributed by atoms with Gasteiger partial charge in [-0.25, -0.2) is 9.97 Å². The maximum Gasteiger partial charge on any atom is 0.237 e. The molecular weight excluding hydrogens is 180 g/mol. The Bertz CT molecular complexity index is 344. The van der Waals surface area contributed by atoms with E-state index in [2.05, 4.69) is 15.3 Å². The van der Waals surface area contributed by atoms with Crippen molar-refractivity contribution in [3.8, 4) is 6.07 Å². The highest BCUT2D eigenvalue weighted by Gasteiger charge is 2.10. The van der Waals surface area contributed by atoms with Crippen LogP contribution in [0.25, 0.3) is 0 Å². The summed E-state index contributed by atoms with van der Waals surface area (Å²) >= 11 is 0. The molecule has 0 radical (unpaired) electrons. The highest BCUT2D eigenvalue weighted by atomic mass is 16.1. The number of carbonyl (C=O) groups excluding carboxylic acids is 1. The lowest BCUT2D eigenvalue weighted by atomic mass is 10.2. The van der Waals surface area contributed by atoms with Gasteiger partial charge in [-0.15, -0.1) is 0 Å². The normalized spacial score (nSPS) is 11.4. The molecule has 0 bridgehead atoms. The van der Waals surface area contributed by atoms with E-state index in [0.717, 1.165) is 5.69 Å². The molecule has 1 atom stereocenters. The molecule has 5 nitrogen and oxygen atoms in total. The highest BCUT2D eigenvalue weighted by molar-refractivity contribution is 5.80. The summed E-state index contributed by atoms with van der Waals surface area (Å²) in [4.78, 5) is 18.8. The van der Waals surface area contributed by atoms with Crippen molar-refractivity contribution in [2.24, 2.45) is 5.92 Å². The van der Waals surface area contributed by atoms with Crippen LogP contribution in [-0.4, -0.2) is 15.9 Å². The molecule has 1 heterocycles. The smallest absolute Gasteiger partial charge is 0.237 e. The van der Waals surface area contributed by atoms with E-state index in [1.54, 1.807) is 19.2 Å². The van der Waals surface area contributed by atoms with Gasteiger partial charge in [-0.3, -0.25) is 4.79 Å². The van der Waals surface area contributed by atoms with Gasteiger partial charge in [0.1, 0.15) is 12.2 Å². The molecule has 0 aliphatic heterocycles. The van der Waals surface area contributed by atoms with Gasteiger partial charge in [0.05, 0.1) is 18.3 Å². The minimum Gasteiger partial charge on any atom is -0.349 e.